The van der Waals surface area contributed by atoms with Gasteiger partial charge in [-0.25, -0.2) is 0 Å². The second-order valence-electron chi connectivity index (χ2n) is 3.41. The highest BCUT2D eigenvalue weighted by atomic mass is 32.2. The number of amidine groups is 1. The normalized spacial score (nSPS) is 10.4. The Bertz CT molecular complexity index is 142. The molecule has 84 valence electrons. The van der Waals surface area contributed by atoms with Crippen LogP contribution < -0.4 is 5.73 Å². The number of hydrogen-bond donors (Lipinski definition) is 3. The lowest BCUT2D eigenvalue weighted by Gasteiger charge is -2.00. The Hall–Kier alpha value is -0.220. The van der Waals surface area contributed by atoms with Crippen LogP contribution >= 0.6 is 11.8 Å². The van der Waals surface area contributed by atoms with Crippen molar-refractivity contribution in [3.63, 3.8) is 0 Å². The van der Waals surface area contributed by atoms with Crippen LogP contribution in [0.2, 0.25) is 0 Å². The Labute approximate surface area is 91.0 Å². The van der Waals surface area contributed by atoms with Crippen molar-refractivity contribution in [3.05, 3.63) is 0 Å². The second-order valence-corrected chi connectivity index (χ2v) is 4.55. The first-order chi connectivity index (χ1) is 6.77. The molecule has 0 aromatic rings. The molecule has 0 amide bonds. The van der Waals surface area contributed by atoms with E-state index in [2.05, 4.69) is 0 Å². The summed E-state index contributed by atoms with van der Waals surface area (Å²) in [6.45, 7) is 0.329. The SMILES string of the molecule is N=C(N)SCCCCCCCCCO. The number of unbranched alkanes of at least 4 members (excludes halogenated alkanes) is 6. The van der Waals surface area contributed by atoms with E-state index in [1.807, 2.05) is 0 Å². The fourth-order valence-electron chi connectivity index (χ4n) is 1.28. The molecule has 0 atom stereocenters. The van der Waals surface area contributed by atoms with Crippen molar-refractivity contribution < 1.29 is 5.11 Å². The highest BCUT2D eigenvalue weighted by Crippen LogP contribution is 2.09. The third kappa shape index (κ3) is 11.8. The van der Waals surface area contributed by atoms with E-state index in [1.54, 1.807) is 0 Å². The van der Waals surface area contributed by atoms with Gasteiger partial charge in [0.15, 0.2) is 5.17 Å². The first-order valence-corrected chi connectivity index (χ1v) is 6.33. The van der Waals surface area contributed by atoms with E-state index in [9.17, 15) is 0 Å². The predicted molar refractivity (Wildman–Crippen MR) is 63.8 cm³/mol. The number of aliphatic hydroxyl groups excluding tert-OH is 1. The Morgan fingerprint density at radius 2 is 1.50 bits per heavy atom. The minimum atomic E-state index is 0.230. The first-order valence-electron chi connectivity index (χ1n) is 5.35. The van der Waals surface area contributed by atoms with Crippen molar-refractivity contribution >= 4 is 16.9 Å². The molecule has 0 radical (unpaired) electrons. The van der Waals surface area contributed by atoms with Crippen LogP contribution in [0.15, 0.2) is 0 Å². The van der Waals surface area contributed by atoms with Gasteiger partial charge in [-0.15, -0.1) is 0 Å². The molecule has 0 fully saturated rings. The molecule has 4 heteroatoms. The molecule has 4 N–H and O–H groups in total. The third-order valence-electron chi connectivity index (χ3n) is 2.06. The first kappa shape index (κ1) is 13.8. The molecule has 3 nitrogen and oxygen atoms in total. The van der Waals surface area contributed by atoms with Crippen LogP contribution in [0.5, 0.6) is 0 Å². The fraction of sp³-hybridized carbons (Fsp3) is 0.900. The van der Waals surface area contributed by atoms with Gasteiger partial charge in [-0.1, -0.05) is 43.9 Å². The fourth-order valence-corrected chi connectivity index (χ4v) is 1.85. The summed E-state index contributed by atoms with van der Waals surface area (Å²) in [6, 6.07) is 0. The van der Waals surface area contributed by atoms with Gasteiger partial charge in [-0.3, -0.25) is 5.41 Å². The lowest BCUT2D eigenvalue weighted by Crippen LogP contribution is -2.04. The van der Waals surface area contributed by atoms with E-state index in [4.69, 9.17) is 16.2 Å². The maximum absolute atomic E-state index is 8.56. The highest BCUT2D eigenvalue weighted by molar-refractivity contribution is 8.13. The molecule has 0 saturated carbocycles. The van der Waals surface area contributed by atoms with Crippen molar-refractivity contribution in [2.75, 3.05) is 12.4 Å². The number of aliphatic hydroxyl groups is 1. The monoisotopic (exact) mass is 218 g/mol. The smallest absolute Gasteiger partial charge is 0.151 e. The second kappa shape index (κ2) is 10.9. The lowest BCUT2D eigenvalue weighted by molar-refractivity contribution is 0.282. The van der Waals surface area contributed by atoms with Crippen LogP contribution in [0.3, 0.4) is 0 Å². The molecule has 0 rings (SSSR count). The summed E-state index contributed by atoms with van der Waals surface area (Å²) in [5, 5.41) is 15.8. The largest absolute Gasteiger partial charge is 0.396 e. The van der Waals surface area contributed by atoms with Crippen molar-refractivity contribution in [2.24, 2.45) is 5.73 Å². The molecular weight excluding hydrogens is 196 g/mol. The molecule has 14 heavy (non-hydrogen) atoms. The van der Waals surface area contributed by atoms with Crippen molar-refractivity contribution in [1.82, 2.24) is 0 Å². The van der Waals surface area contributed by atoms with Crippen LogP contribution in [0.1, 0.15) is 44.9 Å². The summed E-state index contributed by atoms with van der Waals surface area (Å²) in [7, 11) is 0. The molecule has 0 bridgehead atoms. The standard InChI is InChI=1S/C10H22N2OS/c11-10(12)14-9-7-5-3-1-2-4-6-8-13/h13H,1-9H2,(H3,11,12). The average Bonchev–Trinajstić information content (AvgIpc) is 2.15. The zero-order valence-electron chi connectivity index (χ0n) is 8.80. The van der Waals surface area contributed by atoms with Gasteiger partial charge < -0.3 is 10.8 Å². The van der Waals surface area contributed by atoms with E-state index in [0.717, 1.165) is 25.0 Å². The molecule has 0 heterocycles. The van der Waals surface area contributed by atoms with Gasteiger partial charge in [0.05, 0.1) is 0 Å². The maximum atomic E-state index is 8.56. The molecule has 0 aliphatic rings. The molecule has 0 spiro atoms. The number of thioether (sulfide) groups is 1. The molecule has 0 aliphatic heterocycles. The van der Waals surface area contributed by atoms with Crippen LogP contribution in [-0.2, 0) is 0 Å². The number of hydrogen-bond acceptors (Lipinski definition) is 3. The molecular formula is C10H22N2OS. The van der Waals surface area contributed by atoms with E-state index >= 15 is 0 Å². The van der Waals surface area contributed by atoms with Crippen LogP contribution in [-0.4, -0.2) is 22.6 Å². The summed E-state index contributed by atoms with van der Waals surface area (Å²) in [5.41, 5.74) is 5.21. The number of nitrogens with one attached hydrogen (secondary N) is 1. The average molecular weight is 218 g/mol. The summed E-state index contributed by atoms with van der Waals surface area (Å²) in [5.74, 6) is 0.978. The third-order valence-corrected chi connectivity index (χ3v) is 2.86. The topological polar surface area (TPSA) is 70.1 Å². The van der Waals surface area contributed by atoms with Crippen LogP contribution in [0, 0.1) is 5.41 Å². The maximum Gasteiger partial charge on any atom is 0.151 e. The van der Waals surface area contributed by atoms with E-state index in [0.29, 0.717) is 6.61 Å². The summed E-state index contributed by atoms with van der Waals surface area (Å²) >= 11 is 1.43. The van der Waals surface area contributed by atoms with E-state index in [1.165, 1.54) is 37.4 Å². The van der Waals surface area contributed by atoms with Crippen molar-refractivity contribution in [2.45, 2.75) is 44.9 Å². The highest BCUT2D eigenvalue weighted by Gasteiger charge is 1.93. The summed E-state index contributed by atoms with van der Waals surface area (Å²) < 4.78 is 0. The molecule has 0 aromatic heterocycles. The van der Waals surface area contributed by atoms with Crippen molar-refractivity contribution in [3.8, 4) is 0 Å². The Kier molecular flexibility index (Phi) is 10.7. The van der Waals surface area contributed by atoms with Gasteiger partial charge in [0, 0.05) is 12.4 Å². The lowest BCUT2D eigenvalue weighted by atomic mass is 10.1. The molecule has 0 aliphatic carbocycles. The van der Waals surface area contributed by atoms with E-state index < -0.39 is 0 Å². The Morgan fingerprint density at radius 3 is 2.00 bits per heavy atom. The van der Waals surface area contributed by atoms with Gasteiger partial charge >= 0.3 is 0 Å². The van der Waals surface area contributed by atoms with Crippen LogP contribution in [0.25, 0.3) is 0 Å². The zero-order valence-corrected chi connectivity index (χ0v) is 9.61. The summed E-state index contributed by atoms with van der Waals surface area (Å²) in [6.07, 6.45) is 8.26. The van der Waals surface area contributed by atoms with Crippen molar-refractivity contribution in [1.29, 1.82) is 5.41 Å². The predicted octanol–water partition coefficient (Wildman–Crippen LogP) is 2.34. The molecule has 0 aromatic carbocycles. The molecule has 0 saturated heterocycles. The minimum absolute atomic E-state index is 0.230. The summed E-state index contributed by atoms with van der Waals surface area (Å²) in [4.78, 5) is 0. The number of rotatable bonds is 9. The van der Waals surface area contributed by atoms with Gasteiger partial charge in [0.25, 0.3) is 0 Å². The van der Waals surface area contributed by atoms with Crippen LogP contribution in [0.4, 0.5) is 0 Å². The van der Waals surface area contributed by atoms with Gasteiger partial charge in [0.2, 0.25) is 0 Å². The Morgan fingerprint density at radius 1 is 1.00 bits per heavy atom. The number of nitrogens with two attached hydrogens (primary N) is 1. The minimum Gasteiger partial charge on any atom is -0.396 e. The van der Waals surface area contributed by atoms with E-state index in [-0.39, 0.29) is 5.17 Å². The zero-order chi connectivity index (χ0) is 10.6. The quantitative estimate of drug-likeness (QED) is 0.316. The van der Waals surface area contributed by atoms with Gasteiger partial charge in [-0.05, 0) is 12.8 Å². The molecule has 0 unspecified atom stereocenters. The Balaban J connectivity index is 2.88. The van der Waals surface area contributed by atoms with Gasteiger partial charge in [-0.2, -0.15) is 0 Å². The van der Waals surface area contributed by atoms with Gasteiger partial charge in [0.1, 0.15) is 0 Å².